The minimum atomic E-state index is -0.211. The Morgan fingerprint density at radius 1 is 1.12 bits per heavy atom. The van der Waals surface area contributed by atoms with E-state index in [-0.39, 0.29) is 22.7 Å². The lowest BCUT2D eigenvalue weighted by molar-refractivity contribution is 0.0208. The maximum atomic E-state index is 13.1. The maximum absolute atomic E-state index is 13.1. The molecular formula is C19H25FN2O2. The highest BCUT2D eigenvalue weighted by Gasteiger charge is 2.45. The summed E-state index contributed by atoms with van der Waals surface area (Å²) in [6, 6.07) is 6.76. The monoisotopic (exact) mass is 332 g/mol. The van der Waals surface area contributed by atoms with Crippen molar-refractivity contribution in [3.63, 3.8) is 0 Å². The fraction of sp³-hybridized carbons (Fsp3) is 0.632. The second kappa shape index (κ2) is 6.03. The van der Waals surface area contributed by atoms with Gasteiger partial charge in [-0.1, -0.05) is 12.1 Å². The standard InChI is InChI=1S/C19H25FN2O2/c20-16-3-1-15(2-4-16)19(5-6-19)13-21-17(23)22-10-7-18(14-22)8-11-24-12-9-18/h1-4H,5-14H2,(H,21,23). The minimum absolute atomic E-state index is 0.0133. The third kappa shape index (κ3) is 3.02. The molecule has 1 N–H and O–H groups in total. The minimum Gasteiger partial charge on any atom is -0.381 e. The maximum Gasteiger partial charge on any atom is 0.317 e. The van der Waals surface area contributed by atoms with Gasteiger partial charge >= 0.3 is 6.03 Å². The Bertz CT molecular complexity index is 606. The van der Waals surface area contributed by atoms with Crippen LogP contribution in [0, 0.1) is 11.2 Å². The summed E-state index contributed by atoms with van der Waals surface area (Å²) in [5.74, 6) is -0.211. The molecule has 1 spiro atoms. The van der Waals surface area contributed by atoms with E-state index in [0.29, 0.717) is 6.54 Å². The zero-order chi connectivity index (χ0) is 16.6. The first-order chi connectivity index (χ1) is 11.6. The molecule has 1 aliphatic carbocycles. The number of ether oxygens (including phenoxy) is 1. The molecule has 5 heteroatoms. The van der Waals surface area contributed by atoms with E-state index >= 15 is 0 Å². The fourth-order valence-electron chi connectivity index (χ4n) is 4.20. The van der Waals surface area contributed by atoms with Crippen LogP contribution in [0.3, 0.4) is 0 Å². The second-order valence-corrected chi connectivity index (χ2v) is 7.73. The molecule has 4 rings (SSSR count). The first-order valence-corrected chi connectivity index (χ1v) is 8.98. The number of hydrogen-bond acceptors (Lipinski definition) is 2. The van der Waals surface area contributed by atoms with Crippen molar-refractivity contribution in [2.45, 2.75) is 37.5 Å². The molecule has 130 valence electrons. The Morgan fingerprint density at radius 2 is 1.83 bits per heavy atom. The van der Waals surface area contributed by atoms with Crippen molar-refractivity contribution in [1.82, 2.24) is 10.2 Å². The largest absolute Gasteiger partial charge is 0.381 e. The van der Waals surface area contributed by atoms with Crippen LogP contribution >= 0.6 is 0 Å². The Morgan fingerprint density at radius 3 is 2.50 bits per heavy atom. The van der Waals surface area contributed by atoms with Crippen LogP contribution in [0.2, 0.25) is 0 Å². The summed E-state index contributed by atoms with van der Waals surface area (Å²) < 4.78 is 18.6. The zero-order valence-electron chi connectivity index (χ0n) is 14.0. The van der Waals surface area contributed by atoms with Crippen LogP contribution < -0.4 is 5.32 Å². The number of likely N-dealkylation sites (tertiary alicyclic amines) is 1. The number of carbonyl (C=O) groups is 1. The van der Waals surface area contributed by atoms with Crippen LogP contribution in [0.1, 0.15) is 37.7 Å². The number of urea groups is 1. The first-order valence-electron chi connectivity index (χ1n) is 8.98. The summed E-state index contributed by atoms with van der Waals surface area (Å²) >= 11 is 0. The molecule has 2 aliphatic heterocycles. The lowest BCUT2D eigenvalue weighted by atomic mass is 9.80. The fourth-order valence-corrected chi connectivity index (χ4v) is 4.20. The van der Waals surface area contributed by atoms with Crippen molar-refractivity contribution in [1.29, 1.82) is 0 Å². The number of nitrogens with zero attached hydrogens (tertiary/aromatic N) is 1. The van der Waals surface area contributed by atoms with Crippen molar-refractivity contribution in [3.05, 3.63) is 35.6 Å². The third-order valence-corrected chi connectivity index (χ3v) is 6.17. The topological polar surface area (TPSA) is 41.6 Å². The molecule has 0 atom stereocenters. The smallest absolute Gasteiger partial charge is 0.317 e. The molecule has 0 aromatic heterocycles. The van der Waals surface area contributed by atoms with Crippen LogP contribution in [0.25, 0.3) is 0 Å². The molecular weight excluding hydrogens is 307 g/mol. The normalized spacial score (nSPS) is 24.1. The Balaban J connectivity index is 1.33. The zero-order valence-corrected chi connectivity index (χ0v) is 14.0. The highest BCUT2D eigenvalue weighted by molar-refractivity contribution is 5.74. The van der Waals surface area contributed by atoms with E-state index in [2.05, 4.69) is 5.32 Å². The summed E-state index contributed by atoms with van der Waals surface area (Å²) in [4.78, 5) is 14.5. The Kier molecular flexibility index (Phi) is 3.99. The van der Waals surface area contributed by atoms with Crippen molar-refractivity contribution in [3.8, 4) is 0 Å². The number of amides is 2. The lowest BCUT2D eigenvalue weighted by Crippen LogP contribution is -2.43. The number of carbonyl (C=O) groups excluding carboxylic acids is 1. The number of nitrogens with one attached hydrogen (secondary N) is 1. The number of rotatable bonds is 3. The van der Waals surface area contributed by atoms with E-state index < -0.39 is 0 Å². The molecule has 2 heterocycles. The summed E-state index contributed by atoms with van der Waals surface area (Å²) in [6.45, 7) is 3.98. The van der Waals surface area contributed by atoms with Crippen LogP contribution in [0.15, 0.2) is 24.3 Å². The molecule has 24 heavy (non-hydrogen) atoms. The molecule has 0 unspecified atom stereocenters. The lowest BCUT2D eigenvalue weighted by Gasteiger charge is -2.33. The van der Waals surface area contributed by atoms with Gasteiger partial charge in [0.25, 0.3) is 0 Å². The van der Waals surface area contributed by atoms with E-state index in [9.17, 15) is 9.18 Å². The van der Waals surface area contributed by atoms with Crippen LogP contribution in [0.4, 0.5) is 9.18 Å². The average molecular weight is 332 g/mol. The number of halogens is 1. The van der Waals surface area contributed by atoms with Gasteiger partial charge in [-0.15, -0.1) is 0 Å². The highest BCUT2D eigenvalue weighted by Crippen LogP contribution is 2.47. The van der Waals surface area contributed by atoms with Gasteiger partial charge in [0.05, 0.1) is 0 Å². The number of benzene rings is 1. The Labute approximate surface area is 142 Å². The van der Waals surface area contributed by atoms with Gasteiger partial charge in [-0.25, -0.2) is 9.18 Å². The molecule has 2 saturated heterocycles. The summed E-state index contributed by atoms with van der Waals surface area (Å²) in [7, 11) is 0. The molecule has 1 saturated carbocycles. The van der Waals surface area contributed by atoms with E-state index in [0.717, 1.165) is 64.0 Å². The van der Waals surface area contributed by atoms with Gasteiger partial charge in [-0.3, -0.25) is 0 Å². The van der Waals surface area contributed by atoms with Gasteiger partial charge in [-0.2, -0.15) is 0 Å². The SMILES string of the molecule is O=C(NCC1(c2ccc(F)cc2)CC1)N1CCC2(CCOCC2)C1. The predicted octanol–water partition coefficient (Wildman–Crippen LogP) is 3.07. The van der Waals surface area contributed by atoms with E-state index in [1.54, 1.807) is 0 Å². The van der Waals surface area contributed by atoms with Crippen molar-refractivity contribution in [2.24, 2.45) is 5.41 Å². The average Bonchev–Trinajstić information content (AvgIpc) is 3.29. The highest BCUT2D eigenvalue weighted by atomic mass is 19.1. The predicted molar refractivity (Wildman–Crippen MR) is 89.4 cm³/mol. The molecule has 1 aromatic carbocycles. The molecule has 0 bridgehead atoms. The first kappa shape index (κ1) is 15.9. The molecule has 0 radical (unpaired) electrons. The van der Waals surface area contributed by atoms with Crippen molar-refractivity contribution >= 4 is 6.03 Å². The van der Waals surface area contributed by atoms with E-state index in [4.69, 9.17) is 4.74 Å². The van der Waals surface area contributed by atoms with Gasteiger partial charge in [0.1, 0.15) is 5.82 Å². The summed E-state index contributed by atoms with van der Waals surface area (Å²) in [6.07, 6.45) is 5.33. The molecule has 3 fully saturated rings. The van der Waals surface area contributed by atoms with E-state index in [1.807, 2.05) is 17.0 Å². The van der Waals surface area contributed by atoms with E-state index in [1.165, 1.54) is 12.1 Å². The van der Waals surface area contributed by atoms with Crippen LogP contribution in [0.5, 0.6) is 0 Å². The molecule has 2 amide bonds. The number of hydrogen-bond donors (Lipinski definition) is 1. The summed E-state index contributed by atoms with van der Waals surface area (Å²) in [5, 5.41) is 3.12. The Hall–Kier alpha value is -1.62. The van der Waals surface area contributed by atoms with Gasteiger partial charge in [0, 0.05) is 38.3 Å². The van der Waals surface area contributed by atoms with Crippen molar-refractivity contribution in [2.75, 3.05) is 32.8 Å². The molecule has 4 nitrogen and oxygen atoms in total. The van der Waals surface area contributed by atoms with Gasteiger partial charge in [-0.05, 0) is 55.2 Å². The van der Waals surface area contributed by atoms with Crippen LogP contribution in [-0.2, 0) is 10.2 Å². The summed E-state index contributed by atoms with van der Waals surface area (Å²) in [5.41, 5.74) is 1.43. The molecule has 3 aliphatic rings. The quantitative estimate of drug-likeness (QED) is 0.924. The van der Waals surface area contributed by atoms with Gasteiger partial charge < -0.3 is 15.0 Å². The second-order valence-electron chi connectivity index (χ2n) is 7.73. The van der Waals surface area contributed by atoms with Crippen molar-refractivity contribution < 1.29 is 13.9 Å². The van der Waals surface area contributed by atoms with Gasteiger partial charge in [0.2, 0.25) is 0 Å². The van der Waals surface area contributed by atoms with Crippen LogP contribution in [-0.4, -0.2) is 43.8 Å². The molecule has 1 aromatic rings. The third-order valence-electron chi connectivity index (χ3n) is 6.17. The van der Waals surface area contributed by atoms with Gasteiger partial charge in [0.15, 0.2) is 0 Å².